The van der Waals surface area contributed by atoms with Crippen LogP contribution in [0.2, 0.25) is 0 Å². The number of nitrogens with zero attached hydrogens (tertiary/aromatic N) is 3. The largest absolute Gasteiger partial charge is 0.389 e. The summed E-state index contributed by atoms with van der Waals surface area (Å²) in [5.41, 5.74) is 0. The number of hydrogen-bond acceptors (Lipinski definition) is 6. The van der Waals surface area contributed by atoms with Crippen LogP contribution in [0.4, 0.5) is 0 Å². The number of carbonyl (C=O) groups excluding carboxylic acids is 1. The van der Waals surface area contributed by atoms with Gasteiger partial charge in [-0.15, -0.1) is 0 Å². The highest BCUT2D eigenvalue weighted by Crippen LogP contribution is 2.31. The minimum Gasteiger partial charge on any atom is -0.389 e. The van der Waals surface area contributed by atoms with Crippen LogP contribution in [-0.4, -0.2) is 110 Å². The van der Waals surface area contributed by atoms with Gasteiger partial charge in [-0.1, -0.05) is 12.8 Å². The lowest BCUT2D eigenvalue weighted by Crippen LogP contribution is -2.57. The molecule has 0 unspecified atom stereocenters. The molecule has 166 valence electrons. The third-order valence-corrected chi connectivity index (χ3v) is 7.31. The first-order chi connectivity index (χ1) is 14.1. The van der Waals surface area contributed by atoms with Gasteiger partial charge in [-0.3, -0.25) is 9.69 Å². The van der Waals surface area contributed by atoms with E-state index in [2.05, 4.69) is 16.8 Å². The van der Waals surface area contributed by atoms with Gasteiger partial charge in [0.1, 0.15) is 0 Å². The lowest BCUT2D eigenvalue weighted by atomic mass is 9.93. The molecule has 4 atom stereocenters. The summed E-state index contributed by atoms with van der Waals surface area (Å²) in [6, 6.07) is 0.292. The monoisotopic (exact) mass is 409 g/mol. The average molecular weight is 410 g/mol. The van der Waals surface area contributed by atoms with E-state index < -0.39 is 6.10 Å². The van der Waals surface area contributed by atoms with Crippen LogP contribution in [0.25, 0.3) is 0 Å². The molecule has 1 N–H and O–H groups in total. The van der Waals surface area contributed by atoms with Crippen molar-refractivity contribution < 1.29 is 19.4 Å². The van der Waals surface area contributed by atoms with Crippen molar-refractivity contribution in [2.45, 2.75) is 69.3 Å². The molecule has 7 heteroatoms. The lowest BCUT2D eigenvalue weighted by molar-refractivity contribution is -0.161. The van der Waals surface area contributed by atoms with Crippen molar-refractivity contribution in [2.24, 2.45) is 5.92 Å². The molecule has 1 aliphatic carbocycles. The molecule has 0 radical (unpaired) electrons. The number of ether oxygens (including phenoxy) is 2. The maximum Gasteiger partial charge on any atom is 0.225 e. The zero-order chi connectivity index (χ0) is 20.2. The van der Waals surface area contributed by atoms with Gasteiger partial charge >= 0.3 is 0 Å². The van der Waals surface area contributed by atoms with Crippen molar-refractivity contribution in [3.63, 3.8) is 0 Å². The summed E-state index contributed by atoms with van der Waals surface area (Å²) in [5.74, 6) is 0.978. The Morgan fingerprint density at radius 1 is 1.03 bits per heavy atom. The molecule has 0 spiro atoms. The molecule has 4 rings (SSSR count). The Kier molecular flexibility index (Phi) is 7.45. The van der Waals surface area contributed by atoms with E-state index in [-0.39, 0.29) is 18.1 Å². The van der Waals surface area contributed by atoms with E-state index in [9.17, 15) is 9.90 Å². The highest BCUT2D eigenvalue weighted by molar-refractivity contribution is 5.76. The van der Waals surface area contributed by atoms with Gasteiger partial charge < -0.3 is 24.4 Å². The van der Waals surface area contributed by atoms with Crippen molar-refractivity contribution in [2.75, 3.05) is 59.5 Å². The topological polar surface area (TPSA) is 65.5 Å². The molecule has 3 heterocycles. The number of β-amino-alcohol motifs (C(OH)–C–C–N with tert-alkyl or cyclic N) is 1. The minimum absolute atomic E-state index is 0.00272. The zero-order valence-electron chi connectivity index (χ0n) is 18.0. The van der Waals surface area contributed by atoms with Crippen molar-refractivity contribution in [3.05, 3.63) is 0 Å². The average Bonchev–Trinajstić information content (AvgIpc) is 3.20. The molecule has 0 aromatic rings. The number of piperazine rings is 1. The van der Waals surface area contributed by atoms with Gasteiger partial charge in [-0.05, 0) is 38.6 Å². The van der Waals surface area contributed by atoms with Crippen molar-refractivity contribution >= 4 is 5.91 Å². The fraction of sp³-hybridized carbons (Fsp3) is 0.955. The Labute approximate surface area is 175 Å². The molecule has 7 nitrogen and oxygen atoms in total. The number of aliphatic hydroxyl groups excluding tert-OH is 1. The number of hydrogen-bond donors (Lipinski definition) is 1. The summed E-state index contributed by atoms with van der Waals surface area (Å²) < 4.78 is 12.2. The van der Waals surface area contributed by atoms with Crippen LogP contribution in [0.3, 0.4) is 0 Å². The van der Waals surface area contributed by atoms with Crippen LogP contribution in [0.5, 0.6) is 0 Å². The molecule has 3 saturated heterocycles. The van der Waals surface area contributed by atoms with E-state index in [0.717, 1.165) is 51.5 Å². The fourth-order valence-electron chi connectivity index (χ4n) is 5.56. The summed E-state index contributed by atoms with van der Waals surface area (Å²) in [6.45, 7) is 6.18. The van der Waals surface area contributed by atoms with Crippen molar-refractivity contribution in [3.8, 4) is 0 Å². The number of rotatable bonds is 4. The van der Waals surface area contributed by atoms with Crippen LogP contribution in [0, 0.1) is 5.92 Å². The standard InChI is InChI=1S/C22H39N3O4/c1-23-8-10-24(11-9-23)22(27)12-19-6-7-20-21(29-19)16-28-15-18(26)14-25(20)13-17-4-2-3-5-17/h17-21,26H,2-16H2,1H3/t18-,19-,20+,21-/m0/s1. The molecule has 29 heavy (non-hydrogen) atoms. The summed E-state index contributed by atoms with van der Waals surface area (Å²) in [6.07, 6.45) is 7.29. The number of amides is 1. The fourth-order valence-corrected chi connectivity index (χ4v) is 5.56. The molecule has 4 aliphatic rings. The number of carbonyl (C=O) groups is 1. The Morgan fingerprint density at radius 3 is 2.55 bits per heavy atom. The SMILES string of the molecule is CN1CCN(C(=O)C[C@@H]2CC[C@@H]3[C@H](COC[C@@H](O)CN3CC3CCCC3)O2)CC1. The summed E-state index contributed by atoms with van der Waals surface area (Å²) in [4.78, 5) is 19.5. The maximum absolute atomic E-state index is 12.7. The summed E-state index contributed by atoms with van der Waals surface area (Å²) in [5, 5.41) is 10.3. The Morgan fingerprint density at radius 2 is 1.79 bits per heavy atom. The third-order valence-electron chi connectivity index (χ3n) is 7.31. The maximum atomic E-state index is 12.7. The van der Waals surface area contributed by atoms with Crippen LogP contribution >= 0.6 is 0 Å². The number of aliphatic hydroxyl groups is 1. The molecular weight excluding hydrogens is 370 g/mol. The van der Waals surface area contributed by atoms with Crippen molar-refractivity contribution in [1.82, 2.24) is 14.7 Å². The second kappa shape index (κ2) is 10.1. The summed E-state index contributed by atoms with van der Waals surface area (Å²) in [7, 11) is 2.11. The lowest BCUT2D eigenvalue weighted by Gasteiger charge is -2.45. The van der Waals surface area contributed by atoms with Gasteiger partial charge in [-0.2, -0.15) is 0 Å². The Balaban J connectivity index is 1.33. The van der Waals surface area contributed by atoms with Gasteiger partial charge in [0.05, 0.1) is 37.9 Å². The van der Waals surface area contributed by atoms with E-state index >= 15 is 0 Å². The molecular formula is C22H39N3O4. The predicted octanol–water partition coefficient (Wildman–Crippen LogP) is 0.950. The normalized spacial score (nSPS) is 35.9. The van der Waals surface area contributed by atoms with Crippen LogP contribution in [-0.2, 0) is 14.3 Å². The number of likely N-dealkylation sites (N-methyl/N-ethyl adjacent to an activating group) is 1. The van der Waals surface area contributed by atoms with Crippen LogP contribution < -0.4 is 0 Å². The quantitative estimate of drug-likeness (QED) is 0.746. The highest BCUT2D eigenvalue weighted by atomic mass is 16.5. The zero-order valence-corrected chi connectivity index (χ0v) is 18.0. The molecule has 3 aliphatic heterocycles. The van der Waals surface area contributed by atoms with E-state index in [4.69, 9.17) is 9.47 Å². The smallest absolute Gasteiger partial charge is 0.225 e. The Bertz CT molecular complexity index is 534. The first kappa shape index (κ1) is 21.5. The molecule has 4 fully saturated rings. The van der Waals surface area contributed by atoms with E-state index in [1.807, 2.05) is 4.90 Å². The van der Waals surface area contributed by atoms with Crippen LogP contribution in [0.15, 0.2) is 0 Å². The molecule has 0 aromatic heterocycles. The third kappa shape index (κ3) is 5.70. The van der Waals surface area contributed by atoms with Gasteiger partial charge in [0, 0.05) is 45.3 Å². The second-order valence-corrected chi connectivity index (χ2v) is 9.63. The first-order valence-electron chi connectivity index (χ1n) is 11.7. The highest BCUT2D eigenvalue weighted by Gasteiger charge is 2.39. The number of fused-ring (bicyclic) bond motifs is 1. The molecule has 0 aromatic carbocycles. The van der Waals surface area contributed by atoms with Crippen LogP contribution in [0.1, 0.15) is 44.9 Å². The van der Waals surface area contributed by atoms with E-state index in [0.29, 0.717) is 32.2 Å². The molecule has 1 saturated carbocycles. The van der Waals surface area contributed by atoms with E-state index in [1.54, 1.807) is 0 Å². The predicted molar refractivity (Wildman–Crippen MR) is 111 cm³/mol. The Hall–Kier alpha value is -0.730. The van der Waals surface area contributed by atoms with Gasteiger partial charge in [0.15, 0.2) is 0 Å². The molecule has 0 bridgehead atoms. The van der Waals surface area contributed by atoms with Crippen molar-refractivity contribution in [1.29, 1.82) is 0 Å². The first-order valence-corrected chi connectivity index (χ1v) is 11.7. The summed E-state index contributed by atoms with van der Waals surface area (Å²) >= 11 is 0. The minimum atomic E-state index is -0.422. The van der Waals surface area contributed by atoms with Gasteiger partial charge in [0.25, 0.3) is 0 Å². The van der Waals surface area contributed by atoms with Gasteiger partial charge in [0.2, 0.25) is 5.91 Å². The van der Waals surface area contributed by atoms with Gasteiger partial charge in [-0.25, -0.2) is 0 Å². The van der Waals surface area contributed by atoms with E-state index in [1.165, 1.54) is 25.7 Å². The second-order valence-electron chi connectivity index (χ2n) is 9.63. The molecule has 1 amide bonds.